The van der Waals surface area contributed by atoms with E-state index in [2.05, 4.69) is 10.3 Å². The Morgan fingerprint density at radius 1 is 1.55 bits per heavy atom. The molecule has 2 rings (SSSR count). The number of thioether (sulfide) groups is 1. The molecule has 10 heteroatoms. The van der Waals surface area contributed by atoms with Crippen molar-refractivity contribution >= 4 is 41.4 Å². The summed E-state index contributed by atoms with van der Waals surface area (Å²) < 4.78 is 37.4. The van der Waals surface area contributed by atoms with Gasteiger partial charge in [-0.25, -0.2) is 4.98 Å². The summed E-state index contributed by atoms with van der Waals surface area (Å²) in [5.41, 5.74) is -0.895. The van der Waals surface area contributed by atoms with E-state index in [-0.39, 0.29) is 30.9 Å². The number of thiazole rings is 1. The van der Waals surface area contributed by atoms with Crippen molar-refractivity contribution in [3.05, 3.63) is 16.1 Å². The fourth-order valence-electron chi connectivity index (χ4n) is 1.92. The van der Waals surface area contributed by atoms with Crippen LogP contribution >= 0.6 is 35.5 Å². The third kappa shape index (κ3) is 5.60. The molecule has 1 aliphatic heterocycles. The zero-order valence-electron chi connectivity index (χ0n) is 11.9. The standard InChI is InChI=1S/C12H16F3N3OS2.ClH/c1-18(11(19)4-8-6-20-3-2-16-8)5-10-17-9(7-21-10)12(13,14)15;/h7-8,16H,2-6H2,1H3;1H. The summed E-state index contributed by atoms with van der Waals surface area (Å²) in [6.45, 7) is 0.993. The van der Waals surface area contributed by atoms with E-state index < -0.39 is 11.9 Å². The second-order valence-corrected chi connectivity index (χ2v) is 6.90. The van der Waals surface area contributed by atoms with Gasteiger partial charge in [0.05, 0.1) is 6.54 Å². The second-order valence-electron chi connectivity index (χ2n) is 4.80. The Bertz CT molecular complexity index is 492. The summed E-state index contributed by atoms with van der Waals surface area (Å²) in [4.78, 5) is 17.0. The predicted molar refractivity (Wildman–Crippen MR) is 84.6 cm³/mol. The van der Waals surface area contributed by atoms with E-state index in [1.54, 1.807) is 18.8 Å². The van der Waals surface area contributed by atoms with Crippen molar-refractivity contribution in [2.45, 2.75) is 25.2 Å². The van der Waals surface area contributed by atoms with Crippen LogP contribution in [0.3, 0.4) is 0 Å². The predicted octanol–water partition coefficient (Wildman–Crippen LogP) is 2.64. The van der Waals surface area contributed by atoms with Crippen LogP contribution in [-0.4, -0.2) is 46.9 Å². The SMILES string of the molecule is CN(Cc1nc(C(F)(F)F)cs1)C(=O)CC1CSCCN1.Cl. The number of hydrogen-bond acceptors (Lipinski definition) is 5. The van der Waals surface area contributed by atoms with Gasteiger partial charge in [0.2, 0.25) is 5.91 Å². The fourth-order valence-corrected chi connectivity index (χ4v) is 3.72. The van der Waals surface area contributed by atoms with Crippen LogP contribution < -0.4 is 5.32 Å². The van der Waals surface area contributed by atoms with E-state index in [9.17, 15) is 18.0 Å². The molecule has 1 atom stereocenters. The van der Waals surface area contributed by atoms with Crippen molar-refractivity contribution < 1.29 is 18.0 Å². The number of carbonyl (C=O) groups excluding carboxylic acids is 1. The Hall–Kier alpha value is -0.510. The van der Waals surface area contributed by atoms with Gasteiger partial charge >= 0.3 is 6.18 Å². The number of halogens is 4. The largest absolute Gasteiger partial charge is 0.434 e. The molecule has 0 saturated carbocycles. The number of alkyl halides is 3. The first-order chi connectivity index (χ1) is 9.86. The summed E-state index contributed by atoms with van der Waals surface area (Å²) in [7, 11) is 1.59. The van der Waals surface area contributed by atoms with Crippen molar-refractivity contribution in [1.29, 1.82) is 0 Å². The third-order valence-corrected chi connectivity index (χ3v) is 5.02. The molecular formula is C12H17ClF3N3OS2. The highest BCUT2D eigenvalue weighted by Gasteiger charge is 2.33. The van der Waals surface area contributed by atoms with Crippen molar-refractivity contribution in [2.75, 3.05) is 25.1 Å². The first kappa shape index (κ1) is 19.5. The van der Waals surface area contributed by atoms with E-state index in [1.165, 1.54) is 4.90 Å². The molecule has 0 radical (unpaired) electrons. The van der Waals surface area contributed by atoms with Crippen LogP contribution in [0.4, 0.5) is 13.2 Å². The van der Waals surface area contributed by atoms with Gasteiger partial charge < -0.3 is 10.2 Å². The van der Waals surface area contributed by atoms with Crippen molar-refractivity contribution in [3.63, 3.8) is 0 Å². The number of aromatic nitrogens is 1. The van der Waals surface area contributed by atoms with Gasteiger partial charge in [-0.05, 0) is 0 Å². The minimum Gasteiger partial charge on any atom is -0.339 e. The Morgan fingerprint density at radius 3 is 2.82 bits per heavy atom. The maximum atomic E-state index is 12.5. The molecule has 1 saturated heterocycles. The van der Waals surface area contributed by atoms with Crippen LogP contribution in [0.5, 0.6) is 0 Å². The average Bonchev–Trinajstić information content (AvgIpc) is 2.88. The van der Waals surface area contributed by atoms with Crippen LogP contribution in [0.1, 0.15) is 17.1 Å². The quantitative estimate of drug-likeness (QED) is 0.878. The average molecular weight is 376 g/mol. The molecule has 0 spiro atoms. The minimum absolute atomic E-state index is 0. The smallest absolute Gasteiger partial charge is 0.339 e. The second kappa shape index (κ2) is 8.37. The highest BCUT2D eigenvalue weighted by molar-refractivity contribution is 7.99. The van der Waals surface area contributed by atoms with Crippen LogP contribution in [0.2, 0.25) is 0 Å². The molecule has 0 bridgehead atoms. The molecule has 1 N–H and O–H groups in total. The van der Waals surface area contributed by atoms with Gasteiger partial charge in [0, 0.05) is 42.9 Å². The number of hydrogen-bond donors (Lipinski definition) is 1. The fraction of sp³-hybridized carbons (Fsp3) is 0.667. The molecule has 0 aromatic carbocycles. The molecule has 1 aromatic rings. The molecule has 1 fully saturated rings. The van der Waals surface area contributed by atoms with Gasteiger partial charge in [0.25, 0.3) is 0 Å². The van der Waals surface area contributed by atoms with Gasteiger partial charge in [-0.2, -0.15) is 24.9 Å². The highest BCUT2D eigenvalue weighted by Crippen LogP contribution is 2.30. The van der Waals surface area contributed by atoms with Gasteiger partial charge in [0.15, 0.2) is 5.69 Å². The molecule has 1 amide bonds. The van der Waals surface area contributed by atoms with E-state index in [4.69, 9.17) is 0 Å². The topological polar surface area (TPSA) is 45.2 Å². The van der Waals surface area contributed by atoms with Gasteiger partial charge in [-0.1, -0.05) is 0 Å². The lowest BCUT2D eigenvalue weighted by atomic mass is 10.2. The van der Waals surface area contributed by atoms with E-state index in [0.717, 1.165) is 34.8 Å². The minimum atomic E-state index is -4.43. The van der Waals surface area contributed by atoms with E-state index in [0.29, 0.717) is 11.4 Å². The van der Waals surface area contributed by atoms with E-state index in [1.807, 2.05) is 0 Å². The Kier molecular flexibility index (Phi) is 7.43. The lowest BCUT2D eigenvalue weighted by Gasteiger charge is -2.25. The summed E-state index contributed by atoms with van der Waals surface area (Å²) >= 11 is 2.72. The van der Waals surface area contributed by atoms with E-state index >= 15 is 0 Å². The Labute approximate surface area is 141 Å². The highest BCUT2D eigenvalue weighted by atomic mass is 35.5. The number of amides is 1. The Morgan fingerprint density at radius 2 is 2.27 bits per heavy atom. The zero-order valence-corrected chi connectivity index (χ0v) is 14.3. The summed E-state index contributed by atoms with van der Waals surface area (Å²) in [6, 6.07) is 0.140. The van der Waals surface area contributed by atoms with Crippen molar-refractivity contribution in [2.24, 2.45) is 0 Å². The molecule has 0 aliphatic carbocycles. The van der Waals surface area contributed by atoms with Gasteiger partial charge in [-0.15, -0.1) is 23.7 Å². The molecule has 1 unspecified atom stereocenters. The summed E-state index contributed by atoms with van der Waals surface area (Å²) in [6.07, 6.45) is -4.07. The first-order valence-corrected chi connectivity index (χ1v) is 8.46. The first-order valence-electron chi connectivity index (χ1n) is 6.43. The maximum absolute atomic E-state index is 12.5. The van der Waals surface area contributed by atoms with Crippen LogP contribution in [0.25, 0.3) is 0 Å². The molecule has 1 aromatic heterocycles. The van der Waals surface area contributed by atoms with Crippen LogP contribution in [0, 0.1) is 0 Å². The summed E-state index contributed by atoms with van der Waals surface area (Å²) in [5.74, 6) is 1.84. The molecule has 4 nitrogen and oxygen atoms in total. The Balaban J connectivity index is 0.00000242. The third-order valence-electron chi connectivity index (χ3n) is 3.06. The van der Waals surface area contributed by atoms with Crippen molar-refractivity contribution in [1.82, 2.24) is 15.2 Å². The molecule has 22 heavy (non-hydrogen) atoms. The zero-order chi connectivity index (χ0) is 15.5. The number of nitrogens with one attached hydrogen (secondary N) is 1. The normalized spacial score (nSPS) is 18.6. The molecule has 1 aliphatic rings. The lowest BCUT2D eigenvalue weighted by molar-refractivity contribution is -0.140. The van der Waals surface area contributed by atoms with Crippen molar-refractivity contribution in [3.8, 4) is 0 Å². The summed E-state index contributed by atoms with van der Waals surface area (Å²) in [5, 5.41) is 4.54. The van der Waals surface area contributed by atoms with Crippen LogP contribution in [-0.2, 0) is 17.5 Å². The monoisotopic (exact) mass is 375 g/mol. The number of rotatable bonds is 4. The number of carbonyl (C=O) groups is 1. The number of nitrogens with zero attached hydrogens (tertiary/aromatic N) is 2. The van der Waals surface area contributed by atoms with Crippen LogP contribution in [0.15, 0.2) is 5.38 Å². The molecule has 2 heterocycles. The van der Waals surface area contributed by atoms with Gasteiger partial charge in [0.1, 0.15) is 5.01 Å². The van der Waals surface area contributed by atoms with Gasteiger partial charge in [-0.3, -0.25) is 4.79 Å². The maximum Gasteiger partial charge on any atom is 0.434 e. The molecule has 126 valence electrons. The molecular weight excluding hydrogens is 359 g/mol. The lowest BCUT2D eigenvalue weighted by Crippen LogP contribution is -2.41.